The molecule has 0 spiro atoms. The van der Waals surface area contributed by atoms with Crippen LogP contribution in [0.2, 0.25) is 0 Å². The molecule has 0 radical (unpaired) electrons. The predicted molar refractivity (Wildman–Crippen MR) is 105 cm³/mol. The van der Waals surface area contributed by atoms with Crippen LogP contribution < -0.4 is 16.4 Å². The van der Waals surface area contributed by atoms with Gasteiger partial charge in [-0.25, -0.2) is 4.79 Å². The van der Waals surface area contributed by atoms with Crippen LogP contribution in [0, 0.1) is 18.8 Å². The number of primary amides is 1. The van der Waals surface area contributed by atoms with E-state index in [9.17, 15) is 9.59 Å². The van der Waals surface area contributed by atoms with E-state index in [1.54, 1.807) is 0 Å². The van der Waals surface area contributed by atoms with Gasteiger partial charge in [0, 0.05) is 22.9 Å². The van der Waals surface area contributed by atoms with Crippen molar-refractivity contribution < 1.29 is 14.0 Å². The van der Waals surface area contributed by atoms with E-state index in [1.165, 1.54) is 0 Å². The monoisotopic (exact) mass is 371 g/mol. The average Bonchev–Trinajstić information content (AvgIpc) is 2.96. The lowest BCUT2D eigenvalue weighted by molar-refractivity contribution is -0.122. The van der Waals surface area contributed by atoms with Gasteiger partial charge in [0.05, 0.1) is 6.04 Å². The van der Waals surface area contributed by atoms with E-state index in [4.69, 9.17) is 10.2 Å². The molecule has 1 saturated carbocycles. The molecule has 4 N–H and O–H groups in total. The molecule has 1 heterocycles. The van der Waals surface area contributed by atoms with Crippen molar-refractivity contribution in [2.75, 3.05) is 0 Å². The molecule has 3 amide bonds. The Morgan fingerprint density at radius 3 is 2.63 bits per heavy atom. The zero-order chi connectivity index (χ0) is 19.6. The maximum absolute atomic E-state index is 12.6. The molecular formula is C21H29N3O3. The summed E-state index contributed by atoms with van der Waals surface area (Å²) in [5, 5.41) is 7.15. The van der Waals surface area contributed by atoms with Gasteiger partial charge in [0.15, 0.2) is 0 Å². The standard InChI is InChI=1S/C21H29N3O3/c1-12(2)18(19-13(3)16-9-4-5-10-17(16)27-19)24-21(26)23-15-8-6-7-14(11-15)20(22)25/h4-5,9-10,12,14-15,18H,6-8,11H2,1-3H3,(H2,22,25)(H2,23,24,26). The highest BCUT2D eigenvalue weighted by molar-refractivity contribution is 5.82. The SMILES string of the molecule is Cc1c(C(NC(=O)NC2CCCC(C(N)=O)C2)C(C)C)oc2ccccc12. The lowest BCUT2D eigenvalue weighted by Crippen LogP contribution is -2.47. The van der Waals surface area contributed by atoms with Crippen molar-refractivity contribution >= 4 is 22.9 Å². The van der Waals surface area contributed by atoms with Gasteiger partial charge in [-0.05, 0) is 38.2 Å². The number of carbonyl (C=O) groups is 2. The lowest BCUT2D eigenvalue weighted by Gasteiger charge is -2.29. The third-order valence-corrected chi connectivity index (χ3v) is 5.53. The second-order valence-electron chi connectivity index (χ2n) is 7.89. The first-order valence-corrected chi connectivity index (χ1v) is 9.71. The van der Waals surface area contributed by atoms with E-state index in [-0.39, 0.29) is 35.9 Å². The topological polar surface area (TPSA) is 97.4 Å². The zero-order valence-electron chi connectivity index (χ0n) is 16.2. The fraction of sp³-hybridized carbons (Fsp3) is 0.524. The molecule has 1 aliphatic rings. The molecule has 0 saturated heterocycles. The Morgan fingerprint density at radius 1 is 1.22 bits per heavy atom. The quantitative estimate of drug-likeness (QED) is 0.746. The smallest absolute Gasteiger partial charge is 0.315 e. The van der Waals surface area contributed by atoms with Gasteiger partial charge in [0.2, 0.25) is 5.91 Å². The van der Waals surface area contributed by atoms with Crippen molar-refractivity contribution in [2.24, 2.45) is 17.6 Å². The minimum absolute atomic E-state index is 0.0270. The van der Waals surface area contributed by atoms with Crippen LogP contribution in [0.5, 0.6) is 0 Å². The first kappa shape index (κ1) is 19.3. The van der Waals surface area contributed by atoms with Crippen LogP contribution in [0.25, 0.3) is 11.0 Å². The van der Waals surface area contributed by atoms with Gasteiger partial charge in [0.1, 0.15) is 11.3 Å². The van der Waals surface area contributed by atoms with E-state index in [1.807, 2.05) is 31.2 Å². The van der Waals surface area contributed by atoms with E-state index < -0.39 is 0 Å². The first-order valence-electron chi connectivity index (χ1n) is 9.71. The highest BCUT2D eigenvalue weighted by Crippen LogP contribution is 2.32. The van der Waals surface area contributed by atoms with Gasteiger partial charge in [-0.2, -0.15) is 0 Å². The zero-order valence-corrected chi connectivity index (χ0v) is 16.2. The number of urea groups is 1. The van der Waals surface area contributed by atoms with E-state index in [2.05, 4.69) is 24.5 Å². The van der Waals surface area contributed by atoms with Crippen molar-refractivity contribution in [1.82, 2.24) is 10.6 Å². The van der Waals surface area contributed by atoms with Crippen LogP contribution in [0.15, 0.2) is 28.7 Å². The number of carbonyl (C=O) groups excluding carboxylic acids is 2. The Morgan fingerprint density at radius 2 is 1.96 bits per heavy atom. The van der Waals surface area contributed by atoms with E-state index in [0.29, 0.717) is 6.42 Å². The number of hydrogen-bond donors (Lipinski definition) is 3. The van der Waals surface area contributed by atoms with Gasteiger partial charge >= 0.3 is 6.03 Å². The number of nitrogens with one attached hydrogen (secondary N) is 2. The third-order valence-electron chi connectivity index (χ3n) is 5.53. The Bertz CT molecular complexity index is 827. The second kappa shape index (κ2) is 8.03. The number of furan rings is 1. The minimum Gasteiger partial charge on any atom is -0.459 e. The Kier molecular flexibility index (Phi) is 5.73. The highest BCUT2D eigenvalue weighted by Gasteiger charge is 2.29. The number of benzene rings is 1. The number of aryl methyl sites for hydroxylation is 1. The van der Waals surface area contributed by atoms with Crippen LogP contribution in [0.3, 0.4) is 0 Å². The van der Waals surface area contributed by atoms with Crippen molar-refractivity contribution in [1.29, 1.82) is 0 Å². The van der Waals surface area contributed by atoms with Gasteiger partial charge < -0.3 is 20.8 Å². The molecule has 3 unspecified atom stereocenters. The Hall–Kier alpha value is -2.50. The summed E-state index contributed by atoms with van der Waals surface area (Å²) >= 11 is 0. The molecule has 1 fully saturated rings. The van der Waals surface area contributed by atoms with Gasteiger partial charge in [-0.15, -0.1) is 0 Å². The molecule has 6 heteroatoms. The molecule has 0 aliphatic heterocycles. The largest absolute Gasteiger partial charge is 0.459 e. The summed E-state index contributed by atoms with van der Waals surface area (Å²) in [5.41, 5.74) is 7.31. The summed E-state index contributed by atoms with van der Waals surface area (Å²) in [6, 6.07) is 7.41. The first-order chi connectivity index (χ1) is 12.9. The fourth-order valence-electron chi connectivity index (χ4n) is 3.97. The van der Waals surface area contributed by atoms with Gasteiger partial charge in [-0.1, -0.05) is 38.5 Å². The van der Waals surface area contributed by atoms with Crippen molar-refractivity contribution in [3.8, 4) is 0 Å². The Labute approximate surface area is 159 Å². The molecule has 6 nitrogen and oxygen atoms in total. The number of nitrogens with two attached hydrogens (primary N) is 1. The van der Waals surface area contributed by atoms with Crippen molar-refractivity contribution in [2.45, 2.75) is 58.5 Å². The number of hydrogen-bond acceptors (Lipinski definition) is 3. The Balaban J connectivity index is 1.71. The third kappa shape index (κ3) is 4.26. The number of para-hydroxylation sites is 1. The molecule has 3 rings (SSSR count). The highest BCUT2D eigenvalue weighted by atomic mass is 16.3. The summed E-state index contributed by atoms with van der Waals surface area (Å²) < 4.78 is 6.06. The molecule has 3 atom stereocenters. The fourth-order valence-corrected chi connectivity index (χ4v) is 3.97. The average molecular weight is 371 g/mol. The molecule has 0 bridgehead atoms. The number of fused-ring (bicyclic) bond motifs is 1. The van der Waals surface area contributed by atoms with E-state index >= 15 is 0 Å². The molecule has 1 aromatic heterocycles. The van der Waals surface area contributed by atoms with Gasteiger partial charge in [-0.3, -0.25) is 4.79 Å². The maximum Gasteiger partial charge on any atom is 0.315 e. The number of rotatable bonds is 5. The molecular weight excluding hydrogens is 342 g/mol. The summed E-state index contributed by atoms with van der Waals surface area (Å²) in [6.07, 6.45) is 3.18. The summed E-state index contributed by atoms with van der Waals surface area (Å²) in [6.45, 7) is 6.14. The maximum atomic E-state index is 12.6. The van der Waals surface area contributed by atoms with Crippen molar-refractivity contribution in [3.63, 3.8) is 0 Å². The van der Waals surface area contributed by atoms with Gasteiger partial charge in [0.25, 0.3) is 0 Å². The van der Waals surface area contributed by atoms with Crippen LogP contribution in [-0.2, 0) is 4.79 Å². The lowest BCUT2D eigenvalue weighted by atomic mass is 9.85. The summed E-state index contributed by atoms with van der Waals surface area (Å²) in [5.74, 6) is 0.530. The summed E-state index contributed by atoms with van der Waals surface area (Å²) in [4.78, 5) is 24.1. The van der Waals surface area contributed by atoms with Crippen LogP contribution in [-0.4, -0.2) is 18.0 Å². The predicted octanol–water partition coefficient (Wildman–Crippen LogP) is 3.78. The second-order valence-corrected chi connectivity index (χ2v) is 7.89. The van der Waals surface area contributed by atoms with Crippen LogP contribution in [0.4, 0.5) is 4.79 Å². The normalized spacial score (nSPS) is 21.2. The molecule has 27 heavy (non-hydrogen) atoms. The van der Waals surface area contributed by atoms with Crippen LogP contribution >= 0.6 is 0 Å². The van der Waals surface area contributed by atoms with E-state index in [0.717, 1.165) is 41.6 Å². The minimum atomic E-state index is -0.278. The van der Waals surface area contributed by atoms with Crippen molar-refractivity contribution in [3.05, 3.63) is 35.6 Å². The molecule has 146 valence electrons. The molecule has 2 aromatic rings. The molecule has 1 aliphatic carbocycles. The summed E-state index contributed by atoms with van der Waals surface area (Å²) in [7, 11) is 0. The van der Waals surface area contributed by atoms with Crippen LogP contribution in [0.1, 0.15) is 56.9 Å². The molecule has 1 aromatic carbocycles. The number of amides is 3.